The highest BCUT2D eigenvalue weighted by molar-refractivity contribution is 6.05. The lowest BCUT2D eigenvalue weighted by atomic mass is 9.97. The normalized spacial score (nSPS) is 11.1. The summed E-state index contributed by atoms with van der Waals surface area (Å²) in [4.78, 5) is 29.9. The molecule has 8 aromatic rings. The van der Waals surface area contributed by atoms with Gasteiger partial charge >= 0.3 is 11.9 Å². The number of hydrogen-bond acceptors (Lipinski definition) is 6. The average Bonchev–Trinajstić information content (AvgIpc) is 3.27. The minimum absolute atomic E-state index is 0.341. The van der Waals surface area contributed by atoms with E-state index in [9.17, 15) is 9.59 Å². The van der Waals surface area contributed by atoms with E-state index in [2.05, 4.69) is 162 Å². The maximum atomic E-state index is 12.7. The predicted octanol–water partition coefficient (Wildman–Crippen LogP) is 15.4. The van der Waals surface area contributed by atoms with Crippen molar-refractivity contribution in [2.75, 3.05) is 9.80 Å². The van der Waals surface area contributed by atoms with Gasteiger partial charge in [-0.1, -0.05) is 86.0 Å². The summed E-state index contributed by atoms with van der Waals surface area (Å²) in [6.07, 6.45) is 0. The SMILES string of the molecule is C=C(C)C(=O)Oc1cccc2c(N(c3ccc(C)c(C)c3)c3ccc(-c4ccc(N(c5ccc(C)c(C)c5)c5cccc6c(OC(=O)C(=C)C)cccc56)c(C)c4)cc3C)cccc12. The predicted molar refractivity (Wildman–Crippen MR) is 266 cm³/mol. The van der Waals surface area contributed by atoms with Gasteiger partial charge in [0.1, 0.15) is 11.5 Å². The lowest BCUT2D eigenvalue weighted by Gasteiger charge is -2.30. The van der Waals surface area contributed by atoms with Gasteiger partial charge in [0.05, 0.1) is 11.4 Å². The van der Waals surface area contributed by atoms with Crippen LogP contribution in [-0.2, 0) is 9.59 Å². The fourth-order valence-corrected chi connectivity index (χ4v) is 8.19. The smallest absolute Gasteiger partial charge is 0.338 e. The standard InChI is InChI=1S/C58H52N2O4/c1-35(2)57(61)63-55-21-13-15-47-49(55)17-11-19-53(47)59(45-27-23-37(5)39(7)33-45)51-29-25-43(31-41(51)9)44-26-30-52(42(10)32-44)60(46-28-24-38(6)40(8)34-46)54-20-12-18-50-48(54)16-14-22-56(50)64-58(62)36(3)4/h11-34H,1,3H2,2,4-10H3. The molecule has 0 aliphatic rings. The van der Waals surface area contributed by atoms with Crippen molar-refractivity contribution >= 4 is 67.6 Å². The Balaban J connectivity index is 1.22. The summed E-state index contributed by atoms with van der Waals surface area (Å²) in [5.74, 6) is 0.0670. The molecule has 0 amide bonds. The minimum atomic E-state index is -0.456. The average molecular weight is 841 g/mol. The molecule has 0 radical (unpaired) electrons. The summed E-state index contributed by atoms with van der Waals surface area (Å²) in [5.41, 5.74) is 15.9. The molecule has 6 nitrogen and oxygen atoms in total. The number of nitrogens with zero attached hydrogens (tertiary/aromatic N) is 2. The Morgan fingerprint density at radius 1 is 0.391 bits per heavy atom. The lowest BCUT2D eigenvalue weighted by molar-refractivity contribution is -0.130. The molecule has 0 aliphatic carbocycles. The Kier molecular flexibility index (Phi) is 11.8. The first-order valence-electron chi connectivity index (χ1n) is 21.5. The Bertz CT molecular complexity index is 2980. The Hall–Kier alpha value is -7.70. The maximum Gasteiger partial charge on any atom is 0.338 e. The molecule has 0 unspecified atom stereocenters. The van der Waals surface area contributed by atoms with Crippen LogP contribution < -0.4 is 19.3 Å². The van der Waals surface area contributed by atoms with Crippen LogP contribution in [0.5, 0.6) is 11.5 Å². The van der Waals surface area contributed by atoms with E-state index in [4.69, 9.17) is 9.47 Å². The number of carbonyl (C=O) groups excluding carboxylic acids is 2. The molecular formula is C58H52N2O4. The van der Waals surface area contributed by atoms with Crippen molar-refractivity contribution in [3.63, 3.8) is 0 Å². The quantitative estimate of drug-likeness (QED) is 0.0734. The third kappa shape index (κ3) is 8.30. The zero-order valence-corrected chi connectivity index (χ0v) is 37.8. The second-order valence-corrected chi connectivity index (χ2v) is 16.8. The number of hydrogen-bond donors (Lipinski definition) is 0. The molecule has 0 atom stereocenters. The summed E-state index contributed by atoms with van der Waals surface area (Å²) in [6.45, 7) is 23.7. The van der Waals surface area contributed by atoms with Crippen LogP contribution in [0, 0.1) is 41.5 Å². The minimum Gasteiger partial charge on any atom is -0.423 e. The van der Waals surface area contributed by atoms with Gasteiger partial charge in [-0.2, -0.15) is 0 Å². The molecule has 0 saturated heterocycles. The Morgan fingerprint density at radius 3 is 1.12 bits per heavy atom. The second-order valence-electron chi connectivity index (χ2n) is 16.8. The highest BCUT2D eigenvalue weighted by Gasteiger charge is 2.22. The van der Waals surface area contributed by atoms with Crippen molar-refractivity contribution in [2.45, 2.75) is 55.4 Å². The van der Waals surface area contributed by atoms with Gasteiger partial charge < -0.3 is 19.3 Å². The molecule has 6 heteroatoms. The zero-order chi connectivity index (χ0) is 45.4. The largest absolute Gasteiger partial charge is 0.423 e. The number of esters is 2. The van der Waals surface area contributed by atoms with Gasteiger partial charge in [0.2, 0.25) is 0 Å². The number of rotatable bonds is 11. The van der Waals surface area contributed by atoms with Gasteiger partial charge in [0.15, 0.2) is 0 Å². The molecular weight excluding hydrogens is 789 g/mol. The summed E-state index contributed by atoms with van der Waals surface area (Å²) in [7, 11) is 0. The van der Waals surface area contributed by atoms with E-state index in [0.29, 0.717) is 22.6 Å². The molecule has 8 aromatic carbocycles. The van der Waals surface area contributed by atoms with Crippen molar-refractivity contribution in [3.8, 4) is 22.6 Å². The van der Waals surface area contributed by atoms with Gasteiger partial charge in [0, 0.05) is 55.4 Å². The molecule has 0 spiro atoms. The first-order chi connectivity index (χ1) is 30.7. The third-order valence-electron chi connectivity index (χ3n) is 12.0. The van der Waals surface area contributed by atoms with Crippen molar-refractivity contribution in [3.05, 3.63) is 203 Å². The van der Waals surface area contributed by atoms with Gasteiger partial charge in [-0.05, 0) is 173 Å². The van der Waals surface area contributed by atoms with Crippen LogP contribution in [0.3, 0.4) is 0 Å². The van der Waals surface area contributed by atoms with Crippen molar-refractivity contribution < 1.29 is 19.1 Å². The van der Waals surface area contributed by atoms with E-state index in [1.165, 1.54) is 22.3 Å². The molecule has 64 heavy (non-hydrogen) atoms. The van der Waals surface area contributed by atoms with Crippen LogP contribution in [0.2, 0.25) is 0 Å². The molecule has 0 N–H and O–H groups in total. The van der Waals surface area contributed by atoms with Crippen LogP contribution in [0.1, 0.15) is 47.2 Å². The number of aryl methyl sites for hydroxylation is 6. The molecule has 318 valence electrons. The second kappa shape index (κ2) is 17.6. The fraction of sp³-hybridized carbons (Fsp3) is 0.138. The van der Waals surface area contributed by atoms with Crippen molar-refractivity contribution in [1.29, 1.82) is 0 Å². The highest BCUT2D eigenvalue weighted by atomic mass is 16.5. The highest BCUT2D eigenvalue weighted by Crippen LogP contribution is 2.46. The van der Waals surface area contributed by atoms with Crippen LogP contribution in [-0.4, -0.2) is 11.9 Å². The summed E-state index contributed by atoms with van der Waals surface area (Å²) >= 11 is 0. The van der Waals surface area contributed by atoms with E-state index in [0.717, 1.165) is 77.9 Å². The molecule has 0 fully saturated rings. The van der Waals surface area contributed by atoms with Gasteiger partial charge in [-0.25, -0.2) is 9.59 Å². The number of anilines is 6. The summed E-state index contributed by atoms with van der Waals surface area (Å²) in [6, 6.07) is 50.2. The Labute approximate surface area is 376 Å². The van der Waals surface area contributed by atoms with Crippen LogP contribution in [0.15, 0.2) is 170 Å². The van der Waals surface area contributed by atoms with Crippen LogP contribution in [0.4, 0.5) is 34.1 Å². The number of benzene rings is 8. The van der Waals surface area contributed by atoms with Crippen molar-refractivity contribution in [2.24, 2.45) is 0 Å². The van der Waals surface area contributed by atoms with Crippen LogP contribution in [0.25, 0.3) is 32.7 Å². The van der Waals surface area contributed by atoms with Crippen molar-refractivity contribution in [1.82, 2.24) is 0 Å². The fourth-order valence-electron chi connectivity index (χ4n) is 8.19. The van der Waals surface area contributed by atoms with E-state index < -0.39 is 11.9 Å². The lowest BCUT2D eigenvalue weighted by Crippen LogP contribution is -2.13. The van der Waals surface area contributed by atoms with Gasteiger partial charge in [0.25, 0.3) is 0 Å². The molecule has 0 saturated carbocycles. The van der Waals surface area contributed by atoms with E-state index >= 15 is 0 Å². The summed E-state index contributed by atoms with van der Waals surface area (Å²) < 4.78 is 11.6. The zero-order valence-electron chi connectivity index (χ0n) is 37.8. The molecule has 0 aliphatic heterocycles. The molecule has 0 heterocycles. The number of ether oxygens (including phenoxy) is 2. The molecule has 0 aromatic heterocycles. The van der Waals surface area contributed by atoms with E-state index in [1.54, 1.807) is 13.8 Å². The molecule has 0 bridgehead atoms. The maximum absolute atomic E-state index is 12.7. The number of carbonyl (C=O) groups is 2. The first kappa shape index (κ1) is 43.0. The summed E-state index contributed by atoms with van der Waals surface area (Å²) in [5, 5.41) is 3.56. The van der Waals surface area contributed by atoms with Gasteiger partial charge in [-0.15, -0.1) is 0 Å². The molecule has 8 rings (SSSR count). The first-order valence-corrected chi connectivity index (χ1v) is 21.5. The third-order valence-corrected chi connectivity index (χ3v) is 12.0. The Morgan fingerprint density at radius 2 is 0.766 bits per heavy atom. The van der Waals surface area contributed by atoms with E-state index in [-0.39, 0.29) is 0 Å². The number of fused-ring (bicyclic) bond motifs is 2. The van der Waals surface area contributed by atoms with E-state index in [1.807, 2.05) is 48.5 Å². The van der Waals surface area contributed by atoms with Crippen LogP contribution >= 0.6 is 0 Å². The monoisotopic (exact) mass is 840 g/mol. The topological polar surface area (TPSA) is 59.1 Å². The van der Waals surface area contributed by atoms with Gasteiger partial charge in [-0.3, -0.25) is 0 Å².